The number of anilines is 3. The van der Waals surface area contributed by atoms with Crippen LogP contribution in [0.15, 0.2) is 205 Å². The topological polar surface area (TPSA) is 16.4 Å². The Morgan fingerprint density at radius 1 is 0.327 bits per heavy atom. The second kappa shape index (κ2) is 12.5. The monoisotopic (exact) mass is 663 g/mol. The molecule has 1 heterocycles. The molecule has 0 amide bonds. The Hall–Kier alpha value is -6.90. The fourth-order valence-corrected chi connectivity index (χ4v) is 7.64. The summed E-state index contributed by atoms with van der Waals surface area (Å²) in [5, 5.41) is 7.09. The van der Waals surface area contributed by atoms with E-state index in [1.165, 1.54) is 38.4 Å². The average molecular weight is 664 g/mol. The quantitative estimate of drug-likeness (QED) is 0.176. The van der Waals surface area contributed by atoms with Crippen molar-refractivity contribution in [1.29, 1.82) is 0 Å². The zero-order valence-electron chi connectivity index (χ0n) is 28.4. The number of hydrogen-bond donors (Lipinski definition) is 0. The third kappa shape index (κ3) is 5.21. The molecule has 1 aromatic heterocycles. The number of nitrogens with zero attached hydrogens (tertiary/aromatic N) is 1. The largest absolute Gasteiger partial charge is 0.455 e. The molecule has 0 saturated carbocycles. The van der Waals surface area contributed by atoms with Crippen molar-refractivity contribution in [3.05, 3.63) is 200 Å². The molecule has 9 aromatic carbocycles. The van der Waals surface area contributed by atoms with E-state index in [0.29, 0.717) is 0 Å². The van der Waals surface area contributed by atoms with Crippen LogP contribution >= 0.6 is 0 Å². The Labute approximate surface area is 302 Å². The van der Waals surface area contributed by atoms with Gasteiger partial charge >= 0.3 is 0 Å². The number of fused-ring (bicyclic) bond motifs is 6. The van der Waals surface area contributed by atoms with Crippen molar-refractivity contribution in [2.45, 2.75) is 0 Å². The van der Waals surface area contributed by atoms with Crippen LogP contribution in [0, 0.1) is 0 Å². The predicted octanol–water partition coefficient (Wildman–Crippen LogP) is 14.4. The molecule has 10 aromatic rings. The van der Waals surface area contributed by atoms with Crippen LogP contribution < -0.4 is 4.90 Å². The first-order chi connectivity index (χ1) is 25.8. The summed E-state index contributed by atoms with van der Waals surface area (Å²) in [5.74, 6) is 0. The Morgan fingerprint density at radius 2 is 0.865 bits per heavy atom. The fraction of sp³-hybridized carbons (Fsp3) is 0. The van der Waals surface area contributed by atoms with Crippen LogP contribution in [0.4, 0.5) is 17.1 Å². The van der Waals surface area contributed by atoms with Gasteiger partial charge in [-0.3, -0.25) is 0 Å². The van der Waals surface area contributed by atoms with E-state index in [-0.39, 0.29) is 0 Å². The van der Waals surface area contributed by atoms with Crippen LogP contribution in [0.5, 0.6) is 0 Å². The molecule has 0 aliphatic heterocycles. The summed E-state index contributed by atoms with van der Waals surface area (Å²) in [6.07, 6.45) is 0. The summed E-state index contributed by atoms with van der Waals surface area (Å²) in [4.78, 5) is 2.34. The van der Waals surface area contributed by atoms with Gasteiger partial charge in [0.2, 0.25) is 0 Å². The summed E-state index contributed by atoms with van der Waals surface area (Å²) < 4.78 is 6.50. The van der Waals surface area contributed by atoms with E-state index < -0.39 is 0 Å². The van der Waals surface area contributed by atoms with Crippen LogP contribution in [-0.4, -0.2) is 0 Å². The summed E-state index contributed by atoms with van der Waals surface area (Å²) in [5.41, 5.74) is 12.2. The molecule has 0 N–H and O–H groups in total. The minimum Gasteiger partial charge on any atom is -0.455 e. The van der Waals surface area contributed by atoms with E-state index >= 15 is 0 Å². The molecular weight excluding hydrogens is 631 g/mol. The van der Waals surface area contributed by atoms with Gasteiger partial charge in [-0.15, -0.1) is 0 Å². The number of rotatable bonds is 6. The first-order valence-electron chi connectivity index (χ1n) is 17.8. The molecule has 0 spiro atoms. The number of furan rings is 1. The Kier molecular flexibility index (Phi) is 7.18. The van der Waals surface area contributed by atoms with Crippen molar-refractivity contribution >= 4 is 60.5 Å². The minimum absolute atomic E-state index is 0.913. The van der Waals surface area contributed by atoms with Gasteiger partial charge in [0.25, 0.3) is 0 Å². The first-order valence-corrected chi connectivity index (χ1v) is 17.8. The second-order valence-corrected chi connectivity index (χ2v) is 13.3. The number of hydrogen-bond acceptors (Lipinski definition) is 2. The van der Waals surface area contributed by atoms with E-state index in [9.17, 15) is 0 Å². The molecule has 2 nitrogen and oxygen atoms in total. The van der Waals surface area contributed by atoms with E-state index in [4.69, 9.17) is 4.42 Å². The Bertz CT molecular complexity index is 2870. The van der Waals surface area contributed by atoms with E-state index in [2.05, 4.69) is 193 Å². The van der Waals surface area contributed by atoms with Gasteiger partial charge in [-0.25, -0.2) is 0 Å². The smallest absolute Gasteiger partial charge is 0.143 e. The first kappa shape index (κ1) is 30.0. The third-order valence-electron chi connectivity index (χ3n) is 10.3. The summed E-state index contributed by atoms with van der Waals surface area (Å²) >= 11 is 0. The van der Waals surface area contributed by atoms with Crippen molar-refractivity contribution in [3.63, 3.8) is 0 Å². The zero-order valence-corrected chi connectivity index (χ0v) is 28.4. The van der Waals surface area contributed by atoms with Gasteiger partial charge in [0.1, 0.15) is 11.2 Å². The fourth-order valence-electron chi connectivity index (χ4n) is 7.64. The molecular formula is C50H33NO. The molecule has 2 heteroatoms. The normalized spacial score (nSPS) is 11.5. The standard InChI is InChI=1S/C50H33NO/c1-2-9-34(10-3-1)36-19-26-42(27-20-36)51(43-28-21-37(22-29-43)41-18-17-35-11-4-5-12-40(35)33-41)44-30-23-38(24-31-44)45-15-8-13-39-25-32-47-46-14-6-7-16-48(46)52-50(47)49(39)45/h1-33H. The van der Waals surface area contributed by atoms with Gasteiger partial charge in [-0.2, -0.15) is 0 Å². The van der Waals surface area contributed by atoms with Crippen LogP contribution in [0.1, 0.15) is 0 Å². The molecule has 52 heavy (non-hydrogen) atoms. The van der Waals surface area contributed by atoms with Crippen LogP contribution in [0.3, 0.4) is 0 Å². The maximum Gasteiger partial charge on any atom is 0.143 e. The SMILES string of the molecule is c1ccc(-c2ccc(N(c3ccc(-c4ccc5ccccc5c4)cc3)c3ccc(-c4cccc5ccc6c7ccccc7oc6c45)cc3)cc2)cc1. The lowest BCUT2D eigenvalue weighted by atomic mass is 9.96. The maximum atomic E-state index is 6.50. The second-order valence-electron chi connectivity index (χ2n) is 13.3. The highest BCUT2D eigenvalue weighted by molar-refractivity contribution is 6.19. The van der Waals surface area contributed by atoms with Crippen LogP contribution in [0.25, 0.3) is 76.9 Å². The highest BCUT2D eigenvalue weighted by Gasteiger charge is 2.17. The van der Waals surface area contributed by atoms with Crippen molar-refractivity contribution in [1.82, 2.24) is 0 Å². The lowest BCUT2D eigenvalue weighted by molar-refractivity contribution is 0.673. The molecule has 0 radical (unpaired) electrons. The molecule has 0 fully saturated rings. The summed E-state index contributed by atoms with van der Waals surface area (Å²) in [7, 11) is 0. The molecule has 0 aliphatic carbocycles. The predicted molar refractivity (Wildman–Crippen MR) is 220 cm³/mol. The van der Waals surface area contributed by atoms with Crippen molar-refractivity contribution < 1.29 is 4.42 Å². The van der Waals surface area contributed by atoms with Gasteiger partial charge in [0.05, 0.1) is 0 Å². The number of para-hydroxylation sites is 1. The summed E-state index contributed by atoms with van der Waals surface area (Å²) in [6.45, 7) is 0. The van der Waals surface area contributed by atoms with E-state index in [0.717, 1.165) is 55.5 Å². The van der Waals surface area contributed by atoms with Gasteiger partial charge in [0, 0.05) is 33.2 Å². The molecule has 0 bridgehead atoms. The third-order valence-corrected chi connectivity index (χ3v) is 10.3. The lowest BCUT2D eigenvalue weighted by Gasteiger charge is -2.26. The Morgan fingerprint density at radius 3 is 1.60 bits per heavy atom. The Balaban J connectivity index is 1.06. The van der Waals surface area contributed by atoms with Gasteiger partial charge in [0.15, 0.2) is 0 Å². The lowest BCUT2D eigenvalue weighted by Crippen LogP contribution is -2.09. The number of benzene rings is 9. The average Bonchev–Trinajstić information content (AvgIpc) is 3.61. The highest BCUT2D eigenvalue weighted by atomic mass is 16.3. The highest BCUT2D eigenvalue weighted by Crippen LogP contribution is 2.41. The van der Waals surface area contributed by atoms with Crippen molar-refractivity contribution in [2.24, 2.45) is 0 Å². The van der Waals surface area contributed by atoms with Crippen LogP contribution in [0.2, 0.25) is 0 Å². The summed E-state index contributed by atoms with van der Waals surface area (Å²) in [6, 6.07) is 71.7. The molecule has 10 rings (SSSR count). The zero-order chi connectivity index (χ0) is 34.4. The van der Waals surface area contributed by atoms with Crippen molar-refractivity contribution in [2.75, 3.05) is 4.90 Å². The molecule has 0 saturated heterocycles. The van der Waals surface area contributed by atoms with Gasteiger partial charge < -0.3 is 9.32 Å². The molecule has 244 valence electrons. The van der Waals surface area contributed by atoms with Gasteiger partial charge in [-0.1, -0.05) is 146 Å². The molecule has 0 aliphatic rings. The van der Waals surface area contributed by atoms with Gasteiger partial charge in [-0.05, 0) is 104 Å². The maximum absolute atomic E-state index is 6.50. The molecule has 0 atom stereocenters. The minimum atomic E-state index is 0.913. The van der Waals surface area contributed by atoms with Crippen molar-refractivity contribution in [3.8, 4) is 33.4 Å². The van der Waals surface area contributed by atoms with E-state index in [1.54, 1.807) is 0 Å². The molecule has 0 unspecified atom stereocenters. The van der Waals surface area contributed by atoms with Crippen LogP contribution in [-0.2, 0) is 0 Å². The van der Waals surface area contributed by atoms with E-state index in [1.807, 2.05) is 12.1 Å².